The number of hydrogen-bond donors (Lipinski definition) is 0. The molecule has 0 spiro atoms. The molecule has 0 amide bonds. The number of benzene rings is 2. The number of aliphatic imine (C=N–C) groups is 1. The van der Waals surface area contributed by atoms with Gasteiger partial charge in [0.25, 0.3) is 0 Å². The molecule has 6 nitrogen and oxygen atoms in total. The van der Waals surface area contributed by atoms with Crippen LogP contribution in [0, 0.1) is 0 Å². The van der Waals surface area contributed by atoms with Crippen molar-refractivity contribution in [1.82, 2.24) is 4.90 Å². The molecule has 2 aliphatic rings. The molecular formula is C24H28N2O4. The minimum atomic E-state index is -0.352. The Morgan fingerprint density at radius 1 is 1.20 bits per heavy atom. The predicted octanol–water partition coefficient (Wildman–Crippen LogP) is 3.52. The summed E-state index contributed by atoms with van der Waals surface area (Å²) < 4.78 is 16.4. The minimum Gasteiger partial charge on any atom is -0.493 e. The molecule has 2 atom stereocenters. The number of ether oxygens (including phenoxy) is 3. The maximum Gasteiger partial charge on any atom is 0.337 e. The van der Waals surface area contributed by atoms with Crippen LogP contribution in [0.3, 0.4) is 0 Å². The number of nitrogens with zero attached hydrogens (tertiary/aromatic N) is 2. The van der Waals surface area contributed by atoms with Crippen LogP contribution in [0.2, 0.25) is 0 Å². The van der Waals surface area contributed by atoms with Gasteiger partial charge in [0.2, 0.25) is 0 Å². The summed E-state index contributed by atoms with van der Waals surface area (Å²) in [6.07, 6.45) is 0.997. The first-order chi connectivity index (χ1) is 14.5. The van der Waals surface area contributed by atoms with Gasteiger partial charge in [0, 0.05) is 23.6 Å². The smallest absolute Gasteiger partial charge is 0.337 e. The number of rotatable bonds is 5. The van der Waals surface area contributed by atoms with Crippen molar-refractivity contribution in [2.24, 2.45) is 4.99 Å². The van der Waals surface area contributed by atoms with Crippen molar-refractivity contribution in [1.29, 1.82) is 0 Å². The molecule has 0 bridgehead atoms. The maximum atomic E-state index is 12.1. The van der Waals surface area contributed by atoms with Crippen LogP contribution in [0.1, 0.15) is 46.3 Å². The zero-order valence-corrected chi connectivity index (χ0v) is 18.0. The summed E-state index contributed by atoms with van der Waals surface area (Å²) in [6, 6.07) is 11.8. The highest BCUT2D eigenvalue weighted by atomic mass is 16.5. The molecule has 4 rings (SSSR count). The fourth-order valence-corrected chi connectivity index (χ4v) is 4.45. The first-order valence-electron chi connectivity index (χ1n) is 10.4. The summed E-state index contributed by atoms with van der Waals surface area (Å²) in [5.74, 6) is 1.40. The van der Waals surface area contributed by atoms with E-state index in [2.05, 4.69) is 18.0 Å². The van der Waals surface area contributed by atoms with Crippen LogP contribution in [0.4, 0.5) is 0 Å². The number of likely N-dealkylation sites (N-methyl/N-ethyl adjacent to an activating group) is 1. The number of hydrogen-bond acceptors (Lipinski definition) is 6. The molecular weight excluding hydrogens is 380 g/mol. The third-order valence-electron chi connectivity index (χ3n) is 5.92. The van der Waals surface area contributed by atoms with E-state index in [1.165, 1.54) is 12.7 Å². The van der Waals surface area contributed by atoms with E-state index >= 15 is 0 Å². The van der Waals surface area contributed by atoms with E-state index in [4.69, 9.17) is 19.2 Å². The van der Waals surface area contributed by atoms with Crippen molar-refractivity contribution in [3.63, 3.8) is 0 Å². The summed E-state index contributed by atoms with van der Waals surface area (Å²) in [5.41, 5.74) is 4.58. The predicted molar refractivity (Wildman–Crippen MR) is 116 cm³/mol. The Hall–Kier alpha value is -2.86. The van der Waals surface area contributed by atoms with Crippen LogP contribution in [0.5, 0.6) is 11.5 Å². The lowest BCUT2D eigenvalue weighted by Crippen LogP contribution is -2.41. The van der Waals surface area contributed by atoms with E-state index in [0.29, 0.717) is 23.8 Å². The van der Waals surface area contributed by atoms with Crippen molar-refractivity contribution in [3.05, 3.63) is 58.7 Å². The fourth-order valence-electron chi connectivity index (χ4n) is 4.45. The number of fused-ring (bicyclic) bond motifs is 3. The SMILES string of the molecule is CCOc1cc2c(cc1OC)C(c1cccc(C(=O)OC)c1)=N[C@@H]1CCN(C)C[C@H]21. The lowest BCUT2D eigenvalue weighted by Gasteiger charge is -2.39. The molecule has 2 aromatic carbocycles. The number of piperidine rings is 1. The van der Waals surface area contributed by atoms with Gasteiger partial charge in [0.15, 0.2) is 11.5 Å². The van der Waals surface area contributed by atoms with Crippen LogP contribution in [-0.2, 0) is 4.74 Å². The van der Waals surface area contributed by atoms with E-state index in [9.17, 15) is 4.79 Å². The molecule has 0 saturated carbocycles. The van der Waals surface area contributed by atoms with E-state index in [-0.39, 0.29) is 12.0 Å². The van der Waals surface area contributed by atoms with Gasteiger partial charge in [0.1, 0.15) is 0 Å². The first kappa shape index (κ1) is 20.4. The highest BCUT2D eigenvalue weighted by Gasteiger charge is 2.36. The highest BCUT2D eigenvalue weighted by molar-refractivity contribution is 6.15. The van der Waals surface area contributed by atoms with Crippen molar-refractivity contribution in [2.45, 2.75) is 25.3 Å². The Labute approximate surface area is 177 Å². The van der Waals surface area contributed by atoms with Crippen molar-refractivity contribution in [3.8, 4) is 11.5 Å². The second-order valence-corrected chi connectivity index (χ2v) is 7.80. The minimum absolute atomic E-state index is 0.202. The molecule has 0 aliphatic carbocycles. The zero-order chi connectivity index (χ0) is 21.3. The molecule has 2 heterocycles. The number of likely N-dealkylation sites (tertiary alicyclic amines) is 1. The Morgan fingerprint density at radius 3 is 2.77 bits per heavy atom. The molecule has 1 fully saturated rings. The second kappa shape index (κ2) is 8.48. The highest BCUT2D eigenvalue weighted by Crippen LogP contribution is 2.42. The van der Waals surface area contributed by atoms with Gasteiger partial charge in [-0.05, 0) is 56.8 Å². The van der Waals surface area contributed by atoms with Gasteiger partial charge in [-0.3, -0.25) is 4.99 Å². The van der Waals surface area contributed by atoms with Gasteiger partial charge in [-0.15, -0.1) is 0 Å². The molecule has 158 valence electrons. The normalized spacial score (nSPS) is 20.6. The monoisotopic (exact) mass is 408 g/mol. The molecule has 2 aliphatic heterocycles. The van der Waals surface area contributed by atoms with Gasteiger partial charge in [-0.25, -0.2) is 4.79 Å². The first-order valence-corrected chi connectivity index (χ1v) is 10.4. The summed E-state index contributed by atoms with van der Waals surface area (Å²) in [6.45, 7) is 4.52. The Kier molecular flexibility index (Phi) is 5.77. The molecule has 0 N–H and O–H groups in total. The molecule has 1 saturated heterocycles. The number of carbonyl (C=O) groups excluding carboxylic acids is 1. The van der Waals surface area contributed by atoms with Crippen LogP contribution in [-0.4, -0.2) is 63.6 Å². The molecule has 0 aromatic heterocycles. The number of methoxy groups -OCH3 is 2. The summed E-state index contributed by atoms with van der Waals surface area (Å²) in [7, 11) is 5.20. The van der Waals surface area contributed by atoms with Gasteiger partial charge in [0.05, 0.1) is 38.1 Å². The van der Waals surface area contributed by atoms with Crippen LogP contribution >= 0.6 is 0 Å². The van der Waals surface area contributed by atoms with Gasteiger partial charge in [-0.1, -0.05) is 12.1 Å². The largest absolute Gasteiger partial charge is 0.493 e. The van der Waals surface area contributed by atoms with Crippen molar-refractivity contribution in [2.75, 3.05) is 41.0 Å². The van der Waals surface area contributed by atoms with E-state index in [1.54, 1.807) is 13.2 Å². The second-order valence-electron chi connectivity index (χ2n) is 7.80. The van der Waals surface area contributed by atoms with Crippen molar-refractivity contribution >= 4 is 11.7 Å². The topological polar surface area (TPSA) is 60.4 Å². The maximum absolute atomic E-state index is 12.1. The number of esters is 1. The average molecular weight is 408 g/mol. The fraction of sp³-hybridized carbons (Fsp3) is 0.417. The van der Waals surface area contributed by atoms with Crippen molar-refractivity contribution < 1.29 is 19.0 Å². The quantitative estimate of drug-likeness (QED) is 0.709. The van der Waals surface area contributed by atoms with Gasteiger partial charge < -0.3 is 19.1 Å². The lowest BCUT2D eigenvalue weighted by molar-refractivity contribution is 0.0600. The summed E-state index contributed by atoms with van der Waals surface area (Å²) in [4.78, 5) is 19.6. The molecule has 0 radical (unpaired) electrons. The zero-order valence-electron chi connectivity index (χ0n) is 18.0. The molecule has 30 heavy (non-hydrogen) atoms. The lowest BCUT2D eigenvalue weighted by atomic mass is 9.79. The van der Waals surface area contributed by atoms with E-state index in [1.807, 2.05) is 31.2 Å². The van der Waals surface area contributed by atoms with Crippen LogP contribution < -0.4 is 9.47 Å². The number of carbonyl (C=O) groups is 1. The average Bonchev–Trinajstić information content (AvgIpc) is 2.78. The Bertz CT molecular complexity index is 985. The molecule has 0 unspecified atom stereocenters. The Balaban J connectivity index is 1.87. The summed E-state index contributed by atoms with van der Waals surface area (Å²) >= 11 is 0. The van der Waals surface area contributed by atoms with Gasteiger partial charge >= 0.3 is 5.97 Å². The van der Waals surface area contributed by atoms with Crippen LogP contribution in [0.25, 0.3) is 0 Å². The Morgan fingerprint density at radius 2 is 2.03 bits per heavy atom. The molecule has 6 heteroatoms. The van der Waals surface area contributed by atoms with Gasteiger partial charge in [-0.2, -0.15) is 0 Å². The third-order valence-corrected chi connectivity index (χ3v) is 5.92. The molecule has 2 aromatic rings. The van der Waals surface area contributed by atoms with E-state index in [0.717, 1.165) is 42.1 Å². The summed E-state index contributed by atoms with van der Waals surface area (Å²) in [5, 5.41) is 0. The third kappa shape index (κ3) is 3.67. The van der Waals surface area contributed by atoms with E-state index < -0.39 is 0 Å². The standard InChI is InChI=1S/C24H28N2O4/c1-5-30-22-12-17-18(13-21(22)28-3)23(25-20-9-10-26(2)14-19(17)20)15-7-6-8-16(11-15)24(27)29-4/h6-8,11-13,19-20H,5,9-10,14H2,1-4H3/t19-,20-/m1/s1. The van der Waals surface area contributed by atoms with Crippen LogP contribution in [0.15, 0.2) is 41.4 Å².